The Morgan fingerprint density at radius 3 is 2.62 bits per heavy atom. The van der Waals surface area contributed by atoms with Crippen LogP contribution in [0.4, 0.5) is 19.0 Å². The Morgan fingerprint density at radius 2 is 1.91 bits per heavy atom. The molecule has 1 N–H and O–H groups in total. The minimum absolute atomic E-state index is 0.0446. The van der Waals surface area contributed by atoms with Crippen molar-refractivity contribution in [3.63, 3.8) is 0 Å². The summed E-state index contributed by atoms with van der Waals surface area (Å²) in [5, 5.41) is 2.60. The predicted octanol–water partition coefficient (Wildman–Crippen LogP) is 5.21. The van der Waals surface area contributed by atoms with E-state index in [1.807, 2.05) is 11.0 Å². The van der Waals surface area contributed by atoms with Gasteiger partial charge in [-0.3, -0.25) is 4.79 Å². The van der Waals surface area contributed by atoms with Crippen LogP contribution in [-0.4, -0.2) is 29.5 Å². The molecule has 34 heavy (non-hydrogen) atoms. The van der Waals surface area contributed by atoms with E-state index in [1.54, 1.807) is 37.4 Å². The number of nitrogens with zero attached hydrogens (tertiary/aromatic N) is 3. The number of halogens is 3. The highest BCUT2D eigenvalue weighted by Crippen LogP contribution is 2.37. The fourth-order valence-electron chi connectivity index (χ4n) is 4.41. The number of alkyl halides is 2. The van der Waals surface area contributed by atoms with Crippen molar-refractivity contribution in [2.75, 3.05) is 18.5 Å². The van der Waals surface area contributed by atoms with E-state index in [0.717, 1.165) is 30.9 Å². The van der Waals surface area contributed by atoms with Crippen LogP contribution in [0.25, 0.3) is 0 Å². The SMILES string of the molecule is CNC(=O)c1cccc(CCc2ncnc(N3CCCC3c3ccc(C(C)(F)F)cc3)c2F)c1. The van der Waals surface area contributed by atoms with E-state index < -0.39 is 11.7 Å². The van der Waals surface area contributed by atoms with E-state index in [4.69, 9.17) is 0 Å². The monoisotopic (exact) mass is 468 g/mol. The lowest BCUT2D eigenvalue weighted by molar-refractivity contribution is 0.0174. The van der Waals surface area contributed by atoms with Gasteiger partial charge in [-0.2, -0.15) is 0 Å². The zero-order valence-electron chi connectivity index (χ0n) is 19.2. The molecule has 8 heteroatoms. The standard InChI is InChI=1S/C26H27F3N4O/c1-26(28,29)20-11-9-18(10-12-20)22-7-4-14-33(22)24-23(27)21(31-16-32-24)13-8-17-5-3-6-19(15-17)25(34)30-2/h3,5-6,9-12,15-16,22H,4,7-8,13-14H2,1-2H3,(H,30,34). The molecule has 5 nitrogen and oxygen atoms in total. The second kappa shape index (κ2) is 9.83. The quantitative estimate of drug-likeness (QED) is 0.517. The number of anilines is 1. The number of hydrogen-bond acceptors (Lipinski definition) is 4. The first-order chi connectivity index (χ1) is 16.3. The average Bonchev–Trinajstić information content (AvgIpc) is 3.32. The fourth-order valence-corrected chi connectivity index (χ4v) is 4.41. The van der Waals surface area contributed by atoms with Gasteiger partial charge in [0.05, 0.1) is 11.7 Å². The molecule has 1 aliphatic heterocycles. The number of carbonyl (C=O) groups excluding carboxylic acids is 1. The molecule has 178 valence electrons. The summed E-state index contributed by atoms with van der Waals surface area (Å²) in [6.07, 6.45) is 3.88. The molecule has 1 atom stereocenters. The molecular weight excluding hydrogens is 441 g/mol. The molecule has 1 aliphatic rings. The summed E-state index contributed by atoms with van der Waals surface area (Å²) in [4.78, 5) is 22.1. The molecule has 0 bridgehead atoms. The number of aromatic nitrogens is 2. The van der Waals surface area contributed by atoms with Crippen molar-refractivity contribution in [3.8, 4) is 0 Å². The van der Waals surface area contributed by atoms with E-state index in [-0.39, 0.29) is 23.3 Å². The van der Waals surface area contributed by atoms with Crippen molar-refractivity contribution in [1.29, 1.82) is 0 Å². The maximum absolute atomic E-state index is 15.5. The van der Waals surface area contributed by atoms with Crippen LogP contribution in [0.2, 0.25) is 0 Å². The van der Waals surface area contributed by atoms with Gasteiger partial charge in [0.25, 0.3) is 11.8 Å². The molecule has 1 amide bonds. The van der Waals surface area contributed by atoms with Crippen LogP contribution < -0.4 is 10.2 Å². The molecule has 0 spiro atoms. The molecule has 2 aromatic carbocycles. The van der Waals surface area contributed by atoms with Gasteiger partial charge in [-0.25, -0.2) is 23.1 Å². The third-order valence-corrected chi connectivity index (χ3v) is 6.24. The third-order valence-electron chi connectivity index (χ3n) is 6.24. The van der Waals surface area contributed by atoms with Gasteiger partial charge >= 0.3 is 0 Å². The molecule has 4 rings (SSSR count). The molecule has 1 unspecified atom stereocenters. The van der Waals surface area contributed by atoms with Crippen molar-refractivity contribution in [3.05, 3.63) is 88.6 Å². The van der Waals surface area contributed by atoms with Crippen molar-refractivity contribution >= 4 is 11.7 Å². The molecule has 1 aromatic heterocycles. The number of hydrogen-bond donors (Lipinski definition) is 1. The minimum atomic E-state index is -2.90. The first kappa shape index (κ1) is 23.7. The number of nitrogens with one attached hydrogen (secondary N) is 1. The summed E-state index contributed by atoms with van der Waals surface area (Å²) < 4.78 is 42.6. The topological polar surface area (TPSA) is 58.1 Å². The second-order valence-corrected chi connectivity index (χ2v) is 8.60. The van der Waals surface area contributed by atoms with Gasteiger partial charge in [-0.1, -0.05) is 36.4 Å². The summed E-state index contributed by atoms with van der Waals surface area (Å²) in [7, 11) is 1.58. The number of aryl methyl sites for hydroxylation is 2. The Morgan fingerprint density at radius 1 is 1.15 bits per heavy atom. The first-order valence-corrected chi connectivity index (χ1v) is 11.3. The third kappa shape index (κ3) is 5.05. The van der Waals surface area contributed by atoms with Crippen molar-refractivity contribution in [2.24, 2.45) is 0 Å². The summed E-state index contributed by atoms with van der Waals surface area (Å²) in [6.45, 7) is 1.49. The highest BCUT2D eigenvalue weighted by atomic mass is 19.3. The van der Waals surface area contributed by atoms with Crippen LogP contribution in [-0.2, 0) is 18.8 Å². The molecular formula is C26H27F3N4O. The van der Waals surface area contributed by atoms with E-state index in [2.05, 4.69) is 15.3 Å². The van der Waals surface area contributed by atoms with Gasteiger partial charge in [-0.05, 0) is 48.9 Å². The smallest absolute Gasteiger partial charge is 0.270 e. The summed E-state index contributed by atoms with van der Waals surface area (Å²) in [5.41, 5.74) is 2.58. The van der Waals surface area contributed by atoms with Crippen LogP contribution in [0.1, 0.15) is 58.5 Å². The zero-order valence-corrected chi connectivity index (χ0v) is 19.2. The Hall–Kier alpha value is -3.42. The van der Waals surface area contributed by atoms with Gasteiger partial charge in [0.1, 0.15) is 6.33 Å². The highest BCUT2D eigenvalue weighted by molar-refractivity contribution is 5.94. The minimum Gasteiger partial charge on any atom is -0.355 e. The lowest BCUT2D eigenvalue weighted by atomic mass is 10.0. The normalized spacial score (nSPS) is 16.0. The Labute approximate surface area is 197 Å². The van der Waals surface area contributed by atoms with Gasteiger partial charge in [0, 0.05) is 31.6 Å². The van der Waals surface area contributed by atoms with E-state index >= 15 is 4.39 Å². The molecule has 2 heterocycles. The van der Waals surface area contributed by atoms with Crippen LogP contribution >= 0.6 is 0 Å². The molecule has 1 fully saturated rings. The van der Waals surface area contributed by atoms with Crippen molar-refractivity contribution in [1.82, 2.24) is 15.3 Å². The maximum Gasteiger partial charge on any atom is 0.270 e. The number of carbonyl (C=O) groups is 1. The fraction of sp³-hybridized carbons (Fsp3) is 0.346. The molecule has 1 saturated heterocycles. The molecule has 0 aliphatic carbocycles. The summed E-state index contributed by atoms with van der Waals surface area (Å²) in [6, 6.07) is 13.3. The van der Waals surface area contributed by atoms with Gasteiger partial charge in [0.2, 0.25) is 0 Å². The number of amides is 1. The number of benzene rings is 2. The van der Waals surface area contributed by atoms with Crippen LogP contribution in [0.15, 0.2) is 54.9 Å². The maximum atomic E-state index is 15.5. The predicted molar refractivity (Wildman–Crippen MR) is 125 cm³/mol. The van der Waals surface area contributed by atoms with Gasteiger partial charge in [-0.15, -0.1) is 0 Å². The van der Waals surface area contributed by atoms with E-state index in [9.17, 15) is 13.6 Å². The Bertz CT molecular complexity index is 1160. The van der Waals surface area contributed by atoms with Crippen LogP contribution in [0, 0.1) is 5.82 Å². The largest absolute Gasteiger partial charge is 0.355 e. The molecule has 3 aromatic rings. The average molecular weight is 469 g/mol. The first-order valence-electron chi connectivity index (χ1n) is 11.3. The van der Waals surface area contributed by atoms with Crippen molar-refractivity contribution < 1.29 is 18.0 Å². The highest BCUT2D eigenvalue weighted by Gasteiger charge is 2.31. The van der Waals surface area contributed by atoms with Crippen LogP contribution in [0.3, 0.4) is 0 Å². The van der Waals surface area contributed by atoms with Crippen molar-refractivity contribution in [2.45, 2.75) is 44.6 Å². The zero-order chi connectivity index (χ0) is 24.3. The second-order valence-electron chi connectivity index (χ2n) is 8.60. The lowest BCUT2D eigenvalue weighted by Crippen LogP contribution is -2.25. The van der Waals surface area contributed by atoms with Gasteiger partial charge < -0.3 is 10.2 Å². The van der Waals surface area contributed by atoms with E-state index in [0.29, 0.717) is 30.6 Å². The Balaban J connectivity index is 1.52. The Kier molecular flexibility index (Phi) is 6.86. The molecule has 0 radical (unpaired) electrons. The van der Waals surface area contributed by atoms with Gasteiger partial charge in [0.15, 0.2) is 11.6 Å². The summed E-state index contributed by atoms with van der Waals surface area (Å²) >= 11 is 0. The lowest BCUT2D eigenvalue weighted by Gasteiger charge is -2.27. The summed E-state index contributed by atoms with van der Waals surface area (Å²) in [5.74, 6) is -3.31. The van der Waals surface area contributed by atoms with Crippen LogP contribution in [0.5, 0.6) is 0 Å². The number of rotatable bonds is 7. The van der Waals surface area contributed by atoms with E-state index in [1.165, 1.54) is 18.5 Å². The molecule has 0 saturated carbocycles.